The number of β-amino-alcohol motifs (C(OH)–C–C–N with tert-alkyl or cyclic N) is 1. The molecule has 0 aromatic rings. The molecule has 4 atom stereocenters. The summed E-state index contributed by atoms with van der Waals surface area (Å²) < 4.78 is 0. The Labute approximate surface area is 145 Å². The molecule has 1 aliphatic heterocycles. The molecule has 5 heteroatoms. The summed E-state index contributed by atoms with van der Waals surface area (Å²) in [5.74, 6) is 3.99. The van der Waals surface area contributed by atoms with Crippen LogP contribution in [-0.4, -0.2) is 48.2 Å². The largest absolute Gasteiger partial charge is 0.391 e. The van der Waals surface area contributed by atoms with Crippen LogP contribution in [0.15, 0.2) is 4.99 Å². The lowest BCUT2D eigenvalue weighted by Crippen LogP contribution is -2.40. The van der Waals surface area contributed by atoms with Crippen LogP contribution in [0.4, 0.5) is 0 Å². The fourth-order valence-electron chi connectivity index (χ4n) is 4.43. The van der Waals surface area contributed by atoms with Crippen molar-refractivity contribution in [3.63, 3.8) is 0 Å². The minimum atomic E-state index is -0.176. The number of likely N-dealkylation sites (tertiary alicyclic amines) is 1. The summed E-state index contributed by atoms with van der Waals surface area (Å²) in [7, 11) is 0. The van der Waals surface area contributed by atoms with Gasteiger partial charge in [-0.2, -0.15) is 0 Å². The normalized spacial score (nSPS) is 35.1. The molecule has 3 aliphatic rings. The molecule has 1 saturated heterocycles. The number of nitrogens with zero attached hydrogens (tertiary/aromatic N) is 2. The first-order valence-electron chi connectivity index (χ1n) is 8.47. The molecule has 21 heavy (non-hydrogen) atoms. The predicted octanol–water partition coefficient (Wildman–Crippen LogP) is 2.46. The first-order chi connectivity index (χ1) is 9.76. The highest BCUT2D eigenvalue weighted by Crippen LogP contribution is 2.49. The Kier molecular flexibility index (Phi) is 6.59. The second-order valence-electron chi connectivity index (χ2n) is 6.85. The quantitative estimate of drug-likeness (QED) is 0.428. The molecule has 2 bridgehead atoms. The molecule has 0 radical (unpaired) electrons. The van der Waals surface area contributed by atoms with Crippen molar-refractivity contribution in [2.24, 2.45) is 22.7 Å². The van der Waals surface area contributed by atoms with E-state index in [2.05, 4.69) is 17.1 Å². The number of rotatable bonds is 4. The number of halogens is 1. The van der Waals surface area contributed by atoms with Crippen molar-refractivity contribution < 1.29 is 5.11 Å². The van der Waals surface area contributed by atoms with Crippen LogP contribution in [0.3, 0.4) is 0 Å². The van der Waals surface area contributed by atoms with Gasteiger partial charge in [0, 0.05) is 26.2 Å². The van der Waals surface area contributed by atoms with E-state index in [4.69, 9.17) is 4.99 Å². The van der Waals surface area contributed by atoms with E-state index >= 15 is 0 Å². The summed E-state index contributed by atoms with van der Waals surface area (Å²) in [4.78, 5) is 7.00. The Morgan fingerprint density at radius 1 is 1.29 bits per heavy atom. The van der Waals surface area contributed by atoms with Crippen LogP contribution in [0.25, 0.3) is 0 Å². The molecule has 4 nitrogen and oxygen atoms in total. The predicted molar refractivity (Wildman–Crippen MR) is 97.1 cm³/mol. The molecule has 0 spiro atoms. The van der Waals surface area contributed by atoms with E-state index in [1.807, 2.05) is 0 Å². The minimum Gasteiger partial charge on any atom is -0.391 e. The molecule has 3 fully saturated rings. The highest BCUT2D eigenvalue weighted by atomic mass is 127. The molecule has 2 N–H and O–H groups in total. The lowest BCUT2D eigenvalue weighted by Gasteiger charge is -2.23. The van der Waals surface area contributed by atoms with Gasteiger partial charge in [0.15, 0.2) is 5.96 Å². The minimum absolute atomic E-state index is 0. The lowest BCUT2D eigenvalue weighted by molar-refractivity contribution is 0.187. The molecular formula is C16H30IN3O. The van der Waals surface area contributed by atoms with Gasteiger partial charge in [0.2, 0.25) is 0 Å². The first kappa shape index (κ1) is 17.3. The molecule has 2 aliphatic carbocycles. The van der Waals surface area contributed by atoms with Gasteiger partial charge in [-0.25, -0.2) is 0 Å². The van der Waals surface area contributed by atoms with E-state index in [1.165, 1.54) is 32.1 Å². The Balaban J connectivity index is 0.00000161. The standard InChI is InChI=1S/C16H29N3O.HI/c1-2-17-16(19-8-6-15(20)11-19)18-7-5-14-10-12-3-4-13(14)9-12;/h12-15,20H,2-11H2,1H3,(H,17,18);1H/t12?,13?,14?,15-;/m1./s1. The monoisotopic (exact) mass is 407 g/mol. The van der Waals surface area contributed by atoms with E-state index in [0.29, 0.717) is 0 Å². The number of fused-ring (bicyclic) bond motifs is 2. The highest BCUT2D eigenvalue weighted by Gasteiger charge is 2.38. The van der Waals surface area contributed by atoms with Gasteiger partial charge in [-0.05, 0) is 56.8 Å². The third-order valence-electron chi connectivity index (χ3n) is 5.44. The number of hydrogen-bond donors (Lipinski definition) is 2. The van der Waals surface area contributed by atoms with E-state index < -0.39 is 0 Å². The topological polar surface area (TPSA) is 47.9 Å². The fraction of sp³-hybridized carbons (Fsp3) is 0.938. The maximum absolute atomic E-state index is 9.66. The number of aliphatic hydroxyl groups is 1. The molecule has 0 amide bonds. The summed E-state index contributed by atoms with van der Waals surface area (Å²) in [5, 5.41) is 13.0. The molecule has 1 heterocycles. The summed E-state index contributed by atoms with van der Waals surface area (Å²) >= 11 is 0. The zero-order valence-electron chi connectivity index (χ0n) is 13.1. The van der Waals surface area contributed by atoms with Gasteiger partial charge in [0.1, 0.15) is 0 Å². The maximum Gasteiger partial charge on any atom is 0.194 e. The van der Waals surface area contributed by atoms with Gasteiger partial charge in [0.25, 0.3) is 0 Å². The van der Waals surface area contributed by atoms with E-state index in [0.717, 1.165) is 56.3 Å². The Morgan fingerprint density at radius 2 is 2.14 bits per heavy atom. The van der Waals surface area contributed by atoms with Gasteiger partial charge >= 0.3 is 0 Å². The van der Waals surface area contributed by atoms with Crippen LogP contribution >= 0.6 is 24.0 Å². The SMILES string of the molecule is CCNC(=NCCC1CC2CCC1C2)N1CC[C@@H](O)C1.I. The lowest BCUT2D eigenvalue weighted by atomic mass is 9.86. The number of aliphatic hydroxyl groups excluding tert-OH is 1. The zero-order chi connectivity index (χ0) is 13.9. The molecule has 3 rings (SSSR count). The van der Waals surface area contributed by atoms with E-state index in [1.54, 1.807) is 0 Å². The van der Waals surface area contributed by atoms with Crippen LogP contribution in [0.1, 0.15) is 45.4 Å². The number of hydrogen-bond acceptors (Lipinski definition) is 2. The highest BCUT2D eigenvalue weighted by molar-refractivity contribution is 14.0. The van der Waals surface area contributed by atoms with Gasteiger partial charge in [-0.3, -0.25) is 4.99 Å². The van der Waals surface area contributed by atoms with Crippen LogP contribution in [0, 0.1) is 17.8 Å². The van der Waals surface area contributed by atoms with Crippen molar-refractivity contribution >= 4 is 29.9 Å². The van der Waals surface area contributed by atoms with Crippen LogP contribution in [-0.2, 0) is 0 Å². The summed E-state index contributed by atoms with van der Waals surface area (Å²) in [6.07, 6.45) is 7.86. The van der Waals surface area contributed by atoms with Gasteiger partial charge in [-0.15, -0.1) is 24.0 Å². The third-order valence-corrected chi connectivity index (χ3v) is 5.44. The average molecular weight is 407 g/mol. The molecule has 3 unspecified atom stereocenters. The smallest absolute Gasteiger partial charge is 0.194 e. The van der Waals surface area contributed by atoms with Crippen molar-refractivity contribution in [3.8, 4) is 0 Å². The molecule has 0 aromatic heterocycles. The van der Waals surface area contributed by atoms with E-state index in [9.17, 15) is 5.11 Å². The van der Waals surface area contributed by atoms with Crippen molar-refractivity contribution in [1.29, 1.82) is 0 Å². The Bertz CT molecular complexity index is 363. The van der Waals surface area contributed by atoms with Crippen molar-refractivity contribution in [3.05, 3.63) is 0 Å². The van der Waals surface area contributed by atoms with Crippen molar-refractivity contribution in [2.45, 2.75) is 51.6 Å². The summed E-state index contributed by atoms with van der Waals surface area (Å²) in [6, 6.07) is 0. The van der Waals surface area contributed by atoms with Crippen LogP contribution < -0.4 is 5.32 Å². The number of nitrogens with one attached hydrogen (secondary N) is 1. The molecule has 0 aromatic carbocycles. The maximum atomic E-state index is 9.66. The fourth-order valence-corrected chi connectivity index (χ4v) is 4.43. The Morgan fingerprint density at radius 3 is 2.71 bits per heavy atom. The van der Waals surface area contributed by atoms with Gasteiger partial charge in [0.05, 0.1) is 6.10 Å². The van der Waals surface area contributed by atoms with Gasteiger partial charge in [-0.1, -0.05) is 6.42 Å². The molecule has 2 saturated carbocycles. The third kappa shape index (κ3) is 4.24. The van der Waals surface area contributed by atoms with E-state index in [-0.39, 0.29) is 30.1 Å². The van der Waals surface area contributed by atoms with Crippen LogP contribution in [0.2, 0.25) is 0 Å². The van der Waals surface area contributed by atoms with Crippen molar-refractivity contribution in [1.82, 2.24) is 10.2 Å². The summed E-state index contributed by atoms with van der Waals surface area (Å²) in [6.45, 7) is 5.63. The first-order valence-corrected chi connectivity index (χ1v) is 8.47. The number of guanidine groups is 1. The van der Waals surface area contributed by atoms with Gasteiger partial charge < -0.3 is 15.3 Å². The summed E-state index contributed by atoms with van der Waals surface area (Å²) in [5.41, 5.74) is 0. The van der Waals surface area contributed by atoms with Crippen LogP contribution in [0.5, 0.6) is 0 Å². The number of aliphatic imine (C=N–C) groups is 1. The Hall–Kier alpha value is -0.0400. The molecular weight excluding hydrogens is 377 g/mol. The second-order valence-corrected chi connectivity index (χ2v) is 6.85. The van der Waals surface area contributed by atoms with Crippen molar-refractivity contribution in [2.75, 3.05) is 26.2 Å². The average Bonchev–Trinajstić information content (AvgIpc) is 3.14. The zero-order valence-corrected chi connectivity index (χ0v) is 15.5. The molecule has 122 valence electrons. The second kappa shape index (κ2) is 7.99.